The number of thiocarbonyl (C=S) groups is 1. The van der Waals surface area contributed by atoms with Crippen molar-refractivity contribution in [3.05, 3.63) is 29.3 Å². The minimum atomic E-state index is 0.523. The number of thiazole rings is 1. The Hall–Kier alpha value is -1.20. The second-order valence-electron chi connectivity index (χ2n) is 6.03. The normalized spacial score (nSPS) is 22.5. The van der Waals surface area contributed by atoms with Gasteiger partial charge in [-0.3, -0.25) is 0 Å². The first-order valence-electron chi connectivity index (χ1n) is 7.70. The number of likely N-dealkylation sites (tertiary alicyclic amines) is 1. The van der Waals surface area contributed by atoms with Gasteiger partial charge >= 0.3 is 0 Å². The van der Waals surface area contributed by atoms with Gasteiger partial charge < -0.3 is 10.2 Å². The van der Waals surface area contributed by atoms with E-state index in [9.17, 15) is 0 Å². The second kappa shape index (κ2) is 5.54. The van der Waals surface area contributed by atoms with Gasteiger partial charge in [-0.1, -0.05) is 12.1 Å². The van der Waals surface area contributed by atoms with Gasteiger partial charge in [0.05, 0.1) is 15.2 Å². The maximum Gasteiger partial charge on any atom is 0.169 e. The molecular formula is C16H19N3S2. The molecule has 0 amide bonds. The highest BCUT2D eigenvalue weighted by Gasteiger charge is 2.28. The average Bonchev–Trinajstić information content (AvgIpc) is 3.22. The predicted octanol–water partition coefficient (Wildman–Crippen LogP) is 3.51. The van der Waals surface area contributed by atoms with Crippen LogP contribution in [0.3, 0.4) is 0 Å². The number of hydrogen-bond donors (Lipinski definition) is 1. The third-order valence-electron chi connectivity index (χ3n) is 4.27. The lowest BCUT2D eigenvalue weighted by Gasteiger charge is -2.33. The summed E-state index contributed by atoms with van der Waals surface area (Å²) in [6, 6.07) is 9.06. The van der Waals surface area contributed by atoms with Crippen molar-refractivity contribution in [2.24, 2.45) is 0 Å². The molecule has 1 atom stereocenters. The van der Waals surface area contributed by atoms with Gasteiger partial charge in [0.2, 0.25) is 0 Å². The van der Waals surface area contributed by atoms with Crippen LogP contribution in [0.2, 0.25) is 0 Å². The van der Waals surface area contributed by atoms with E-state index in [1.54, 1.807) is 0 Å². The quantitative estimate of drug-likeness (QED) is 0.858. The van der Waals surface area contributed by atoms with E-state index < -0.39 is 0 Å². The van der Waals surface area contributed by atoms with Crippen LogP contribution in [0.15, 0.2) is 24.3 Å². The summed E-state index contributed by atoms with van der Waals surface area (Å²) in [6.07, 6.45) is 4.97. The minimum Gasteiger partial charge on any atom is -0.360 e. The number of nitrogens with one attached hydrogen (secondary N) is 1. The summed E-state index contributed by atoms with van der Waals surface area (Å²) in [6.45, 7) is 2.10. The molecule has 2 aromatic rings. The molecule has 2 heterocycles. The molecule has 21 heavy (non-hydrogen) atoms. The monoisotopic (exact) mass is 317 g/mol. The van der Waals surface area contributed by atoms with Crippen LogP contribution in [-0.4, -0.2) is 34.1 Å². The van der Waals surface area contributed by atoms with Crippen LogP contribution in [0.25, 0.3) is 10.2 Å². The number of benzene rings is 1. The van der Waals surface area contributed by atoms with E-state index in [-0.39, 0.29) is 0 Å². The molecule has 0 bridgehead atoms. The van der Waals surface area contributed by atoms with Crippen LogP contribution in [0.1, 0.15) is 36.6 Å². The molecule has 3 nitrogen and oxygen atoms in total. The third-order valence-corrected chi connectivity index (χ3v) is 5.85. The lowest BCUT2D eigenvalue weighted by molar-refractivity contribution is 0.305. The molecule has 1 aliphatic carbocycles. The van der Waals surface area contributed by atoms with E-state index >= 15 is 0 Å². The number of nitrogens with zero attached hydrogens (tertiary/aromatic N) is 2. The Morgan fingerprint density at radius 1 is 1.29 bits per heavy atom. The lowest BCUT2D eigenvalue weighted by atomic mass is 9.99. The van der Waals surface area contributed by atoms with Crippen molar-refractivity contribution in [2.75, 3.05) is 13.1 Å². The fourth-order valence-corrected chi connectivity index (χ4v) is 4.35. The van der Waals surface area contributed by atoms with Crippen molar-refractivity contribution < 1.29 is 0 Å². The van der Waals surface area contributed by atoms with Crippen LogP contribution in [0.4, 0.5) is 0 Å². The Morgan fingerprint density at radius 2 is 2.14 bits per heavy atom. The van der Waals surface area contributed by atoms with E-state index in [0.29, 0.717) is 12.0 Å². The van der Waals surface area contributed by atoms with Crippen molar-refractivity contribution >= 4 is 38.9 Å². The highest BCUT2D eigenvalue weighted by atomic mass is 32.1. The first kappa shape index (κ1) is 13.5. The second-order valence-corrected chi connectivity index (χ2v) is 7.48. The van der Waals surface area contributed by atoms with E-state index in [1.165, 1.54) is 35.4 Å². The van der Waals surface area contributed by atoms with Crippen LogP contribution in [0, 0.1) is 0 Å². The summed E-state index contributed by atoms with van der Waals surface area (Å²) in [5.41, 5.74) is 1.13. The maximum absolute atomic E-state index is 5.56. The molecule has 1 aromatic carbocycles. The zero-order valence-corrected chi connectivity index (χ0v) is 13.6. The topological polar surface area (TPSA) is 28.2 Å². The minimum absolute atomic E-state index is 0.523. The molecule has 2 fully saturated rings. The number of fused-ring (bicyclic) bond motifs is 1. The largest absolute Gasteiger partial charge is 0.360 e. The van der Waals surface area contributed by atoms with Crippen LogP contribution < -0.4 is 5.32 Å². The number of piperidine rings is 1. The van der Waals surface area contributed by atoms with Gasteiger partial charge in [0.25, 0.3) is 0 Å². The van der Waals surface area contributed by atoms with Gasteiger partial charge in [-0.05, 0) is 50.0 Å². The van der Waals surface area contributed by atoms with Crippen LogP contribution in [-0.2, 0) is 0 Å². The molecule has 0 spiro atoms. The third kappa shape index (κ3) is 2.90. The van der Waals surface area contributed by atoms with Gasteiger partial charge in [-0.25, -0.2) is 4.98 Å². The van der Waals surface area contributed by atoms with Crippen molar-refractivity contribution in [1.82, 2.24) is 15.2 Å². The predicted molar refractivity (Wildman–Crippen MR) is 91.9 cm³/mol. The number of para-hydroxylation sites is 1. The molecule has 1 saturated carbocycles. The van der Waals surface area contributed by atoms with Gasteiger partial charge in [-0.2, -0.15) is 0 Å². The summed E-state index contributed by atoms with van der Waals surface area (Å²) < 4.78 is 1.29. The fraction of sp³-hybridized carbons (Fsp3) is 0.500. The number of rotatable bonds is 2. The molecule has 1 saturated heterocycles. The molecule has 0 unspecified atom stereocenters. The van der Waals surface area contributed by atoms with Crippen LogP contribution in [0.5, 0.6) is 0 Å². The Labute approximate surface area is 134 Å². The maximum atomic E-state index is 5.56. The van der Waals surface area contributed by atoms with E-state index in [1.807, 2.05) is 11.3 Å². The zero-order chi connectivity index (χ0) is 14.2. The van der Waals surface area contributed by atoms with E-state index in [4.69, 9.17) is 17.2 Å². The average molecular weight is 317 g/mol. The number of aromatic nitrogens is 1. The lowest BCUT2D eigenvalue weighted by Crippen LogP contribution is -2.45. The van der Waals surface area contributed by atoms with Gasteiger partial charge in [0.1, 0.15) is 0 Å². The molecule has 1 aliphatic heterocycles. The fourth-order valence-electron chi connectivity index (χ4n) is 2.92. The smallest absolute Gasteiger partial charge is 0.169 e. The molecule has 2 aliphatic rings. The van der Waals surface area contributed by atoms with Gasteiger partial charge in [0, 0.05) is 25.0 Å². The first-order valence-corrected chi connectivity index (χ1v) is 8.93. The summed E-state index contributed by atoms with van der Waals surface area (Å²) in [7, 11) is 0. The molecule has 1 aromatic heterocycles. The summed E-state index contributed by atoms with van der Waals surface area (Å²) >= 11 is 7.40. The highest BCUT2D eigenvalue weighted by molar-refractivity contribution is 7.80. The van der Waals surface area contributed by atoms with Gasteiger partial charge in [0.15, 0.2) is 5.11 Å². The molecule has 1 N–H and O–H groups in total. The molecule has 110 valence electrons. The Balaban J connectivity index is 1.50. The molecule has 5 heteroatoms. The SMILES string of the molecule is S=C(NC1CC1)N1CCC[C@H](c2nc3ccccc3s2)C1. The highest BCUT2D eigenvalue weighted by Crippen LogP contribution is 2.33. The Bertz CT molecular complexity index is 629. The van der Waals surface area contributed by atoms with E-state index in [2.05, 4.69) is 34.5 Å². The Kier molecular flexibility index (Phi) is 3.55. The van der Waals surface area contributed by atoms with Crippen molar-refractivity contribution in [3.8, 4) is 0 Å². The van der Waals surface area contributed by atoms with Crippen molar-refractivity contribution in [1.29, 1.82) is 0 Å². The Morgan fingerprint density at radius 3 is 2.95 bits per heavy atom. The first-order chi connectivity index (χ1) is 10.3. The standard InChI is InChI=1S/C16H19N3S2/c20-16(17-12-7-8-12)19-9-3-4-11(10-19)15-18-13-5-1-2-6-14(13)21-15/h1-2,5-6,11-12H,3-4,7-10H2,(H,17,20)/t11-/m0/s1. The summed E-state index contributed by atoms with van der Waals surface area (Å²) in [5.74, 6) is 0.523. The summed E-state index contributed by atoms with van der Waals surface area (Å²) in [4.78, 5) is 7.17. The molecule has 4 rings (SSSR count). The van der Waals surface area contributed by atoms with Crippen molar-refractivity contribution in [3.63, 3.8) is 0 Å². The summed E-state index contributed by atoms with van der Waals surface area (Å²) in [5, 5.41) is 5.68. The van der Waals surface area contributed by atoms with Crippen molar-refractivity contribution in [2.45, 2.75) is 37.6 Å². The van der Waals surface area contributed by atoms with E-state index in [0.717, 1.165) is 23.7 Å². The van der Waals surface area contributed by atoms with Crippen LogP contribution >= 0.6 is 23.6 Å². The van der Waals surface area contributed by atoms with Gasteiger partial charge in [-0.15, -0.1) is 11.3 Å². The molecular weight excluding hydrogens is 298 g/mol. The zero-order valence-electron chi connectivity index (χ0n) is 11.9. The number of hydrogen-bond acceptors (Lipinski definition) is 3. The molecule has 0 radical (unpaired) electrons.